The van der Waals surface area contributed by atoms with Crippen molar-refractivity contribution in [3.8, 4) is 11.6 Å². The Morgan fingerprint density at radius 1 is 1.07 bits per heavy atom. The van der Waals surface area contributed by atoms with Gasteiger partial charge in [-0.1, -0.05) is 32.1 Å². The van der Waals surface area contributed by atoms with Crippen LogP contribution in [0.5, 0.6) is 5.75 Å². The number of ether oxygens (including phenoxy) is 1. The first-order valence-corrected chi connectivity index (χ1v) is 13.5. The van der Waals surface area contributed by atoms with E-state index in [4.69, 9.17) is 14.7 Å². The maximum atomic E-state index is 13.5. The molecule has 11 heteroatoms. The zero-order valence-corrected chi connectivity index (χ0v) is 22.7. The molecule has 0 unspecified atom stereocenters. The lowest BCUT2D eigenvalue weighted by molar-refractivity contribution is -0.121. The minimum Gasteiger partial charge on any atom is -0.480 e. The molecule has 1 aromatic carbocycles. The van der Waals surface area contributed by atoms with Crippen LogP contribution in [0.3, 0.4) is 0 Å². The Bertz CT molecular complexity index is 1770. The number of allylic oxidation sites excluding steroid dienone is 1. The predicted octanol–water partition coefficient (Wildman–Crippen LogP) is 3.13. The number of nitrogens with zero attached hydrogens (tertiary/aromatic N) is 7. The van der Waals surface area contributed by atoms with Crippen LogP contribution in [-0.4, -0.2) is 61.9 Å². The third kappa shape index (κ3) is 3.96. The number of benzene rings is 1. The first kappa shape index (κ1) is 24.5. The summed E-state index contributed by atoms with van der Waals surface area (Å²) in [6, 6.07) is 9.93. The molecule has 1 N–H and O–H groups in total. The van der Waals surface area contributed by atoms with Crippen LogP contribution in [-0.2, 0) is 23.3 Å². The van der Waals surface area contributed by atoms with Crippen molar-refractivity contribution in [2.24, 2.45) is 0 Å². The number of carbonyl (C=O) groups is 1. The van der Waals surface area contributed by atoms with Crippen LogP contribution >= 0.6 is 0 Å². The first-order valence-electron chi connectivity index (χ1n) is 13.5. The Labute approximate surface area is 230 Å². The van der Waals surface area contributed by atoms with Gasteiger partial charge in [0.05, 0.1) is 6.54 Å². The van der Waals surface area contributed by atoms with Crippen LogP contribution in [0.25, 0.3) is 16.9 Å². The zero-order chi connectivity index (χ0) is 27.6. The minimum absolute atomic E-state index is 0.0108. The SMILES string of the molecule is CN1Cc2ccc(Nc3ncc4c(=O)n5n(c4n3)-c3ccc4c(n3)N(CCC=CC5)C(=O)CO4)cc2C(C)(C)C1. The van der Waals surface area contributed by atoms with Gasteiger partial charge in [-0.05, 0) is 48.9 Å². The molecule has 11 nitrogen and oxygen atoms in total. The average molecular weight is 539 g/mol. The molecule has 204 valence electrons. The molecule has 0 radical (unpaired) electrons. The third-order valence-corrected chi connectivity index (χ3v) is 7.79. The van der Waals surface area contributed by atoms with E-state index in [2.05, 4.69) is 48.2 Å². The number of rotatable bonds is 2. The molecule has 40 heavy (non-hydrogen) atoms. The smallest absolute Gasteiger partial charge is 0.278 e. The summed E-state index contributed by atoms with van der Waals surface area (Å²) in [6.07, 6.45) is 6.09. The summed E-state index contributed by atoms with van der Waals surface area (Å²) in [4.78, 5) is 44.2. The Kier molecular flexibility index (Phi) is 5.53. The van der Waals surface area contributed by atoms with Crippen LogP contribution in [0.1, 0.15) is 31.4 Å². The highest BCUT2D eigenvalue weighted by Crippen LogP contribution is 2.35. The first-order chi connectivity index (χ1) is 19.3. The van der Waals surface area contributed by atoms with Crippen molar-refractivity contribution in [1.29, 1.82) is 0 Å². The van der Waals surface area contributed by atoms with Gasteiger partial charge in [0.1, 0.15) is 5.39 Å². The lowest BCUT2D eigenvalue weighted by Crippen LogP contribution is -2.40. The van der Waals surface area contributed by atoms with Gasteiger partial charge in [0.2, 0.25) is 5.95 Å². The Hall–Kier alpha value is -4.51. The number of nitrogens with one attached hydrogen (secondary N) is 1. The van der Waals surface area contributed by atoms with E-state index < -0.39 is 0 Å². The molecule has 3 aliphatic rings. The number of pyridine rings is 1. The molecule has 0 saturated carbocycles. The van der Waals surface area contributed by atoms with E-state index in [1.165, 1.54) is 11.1 Å². The number of hydrogen-bond donors (Lipinski definition) is 1. The second-order valence-electron chi connectivity index (χ2n) is 11.3. The Morgan fingerprint density at radius 3 is 2.83 bits per heavy atom. The van der Waals surface area contributed by atoms with Crippen molar-refractivity contribution in [1.82, 2.24) is 29.2 Å². The molecule has 3 aromatic heterocycles. The molecule has 0 saturated heterocycles. The van der Waals surface area contributed by atoms with Gasteiger partial charge < -0.3 is 15.0 Å². The van der Waals surface area contributed by atoms with E-state index in [0.29, 0.717) is 53.9 Å². The normalized spacial score (nSPS) is 18.1. The number of anilines is 3. The van der Waals surface area contributed by atoms with E-state index in [9.17, 15) is 9.59 Å². The molecule has 7 rings (SSSR count). The van der Waals surface area contributed by atoms with Crippen molar-refractivity contribution >= 4 is 34.4 Å². The number of carbonyl (C=O) groups excluding carboxylic acids is 1. The highest BCUT2D eigenvalue weighted by molar-refractivity contribution is 5.96. The van der Waals surface area contributed by atoms with Gasteiger partial charge in [-0.15, -0.1) is 0 Å². The number of likely N-dealkylation sites (N-methyl/N-ethyl adjacent to an activating group) is 1. The standard InChI is InChI=1S/C29H30N8O3/c1-29(2)17-34(3)15-18-7-8-19(13-21(18)29)31-28-30-14-20-25(33-28)37-23-10-9-22-26(32-23)35(24(38)16-40-22)11-5-4-6-12-36(37)27(20)39/h4,6-10,13-14H,5,11-12,15-17H2,1-3H3,(H,30,31,33). The van der Waals surface area contributed by atoms with Crippen molar-refractivity contribution in [2.75, 3.05) is 37.0 Å². The summed E-state index contributed by atoms with van der Waals surface area (Å²) in [5, 5.41) is 3.73. The number of fused-ring (bicyclic) bond motifs is 6. The van der Waals surface area contributed by atoms with Gasteiger partial charge in [0.25, 0.3) is 11.5 Å². The molecular weight excluding hydrogens is 508 g/mol. The van der Waals surface area contributed by atoms with Gasteiger partial charge in [0.15, 0.2) is 29.6 Å². The van der Waals surface area contributed by atoms with Gasteiger partial charge in [0, 0.05) is 36.9 Å². The highest BCUT2D eigenvalue weighted by Gasteiger charge is 2.31. The number of aromatic nitrogens is 5. The minimum atomic E-state index is -0.214. The maximum Gasteiger partial charge on any atom is 0.278 e. The fraction of sp³-hybridized carbons (Fsp3) is 0.345. The number of hydrogen-bond acceptors (Lipinski definition) is 8. The summed E-state index contributed by atoms with van der Waals surface area (Å²) in [5.74, 6) is 1.68. The molecule has 3 aliphatic heterocycles. The summed E-state index contributed by atoms with van der Waals surface area (Å²) in [6.45, 7) is 7.19. The molecule has 0 fully saturated rings. The Morgan fingerprint density at radius 2 is 1.95 bits per heavy atom. The van der Waals surface area contributed by atoms with Crippen molar-refractivity contribution in [3.05, 3.63) is 70.2 Å². The monoisotopic (exact) mass is 538 g/mol. The molecule has 0 spiro atoms. The van der Waals surface area contributed by atoms with Crippen molar-refractivity contribution in [2.45, 2.75) is 38.8 Å². The summed E-state index contributed by atoms with van der Waals surface area (Å²) < 4.78 is 8.92. The summed E-state index contributed by atoms with van der Waals surface area (Å²) in [5.41, 5.74) is 3.72. The molecular formula is C29H30N8O3. The fourth-order valence-corrected chi connectivity index (χ4v) is 6.06. The van der Waals surface area contributed by atoms with E-state index in [1.807, 2.05) is 18.2 Å². The molecule has 2 bridgehead atoms. The fourth-order valence-electron chi connectivity index (χ4n) is 6.06. The molecule has 0 atom stereocenters. The predicted molar refractivity (Wildman–Crippen MR) is 152 cm³/mol. The average Bonchev–Trinajstić information content (AvgIpc) is 3.18. The van der Waals surface area contributed by atoms with E-state index in [1.54, 1.807) is 32.6 Å². The van der Waals surface area contributed by atoms with Gasteiger partial charge >= 0.3 is 0 Å². The molecule has 0 aliphatic carbocycles. The second kappa shape index (κ2) is 9.02. The van der Waals surface area contributed by atoms with Crippen LogP contribution in [0.15, 0.2) is 53.5 Å². The second-order valence-corrected chi connectivity index (χ2v) is 11.3. The van der Waals surface area contributed by atoms with Crippen molar-refractivity contribution in [3.63, 3.8) is 0 Å². The van der Waals surface area contributed by atoms with Crippen molar-refractivity contribution < 1.29 is 9.53 Å². The molecule has 1 amide bonds. The van der Waals surface area contributed by atoms with Gasteiger partial charge in [-0.25, -0.2) is 19.3 Å². The van der Waals surface area contributed by atoms with Crippen LogP contribution in [0.2, 0.25) is 0 Å². The van der Waals surface area contributed by atoms with E-state index >= 15 is 0 Å². The van der Waals surface area contributed by atoms with Crippen LogP contribution < -0.4 is 20.5 Å². The molecule has 4 aromatic rings. The maximum absolute atomic E-state index is 13.5. The van der Waals surface area contributed by atoms with Gasteiger partial charge in [-0.3, -0.25) is 14.5 Å². The zero-order valence-electron chi connectivity index (χ0n) is 22.7. The summed E-state index contributed by atoms with van der Waals surface area (Å²) in [7, 11) is 2.14. The third-order valence-electron chi connectivity index (χ3n) is 7.79. The number of amides is 1. The van der Waals surface area contributed by atoms with E-state index in [0.717, 1.165) is 18.8 Å². The topological polar surface area (TPSA) is 110 Å². The van der Waals surface area contributed by atoms with Crippen LogP contribution in [0.4, 0.5) is 17.5 Å². The van der Waals surface area contributed by atoms with E-state index in [-0.39, 0.29) is 23.5 Å². The lowest BCUT2D eigenvalue weighted by Gasteiger charge is -2.38. The molecule has 6 heterocycles. The lowest BCUT2D eigenvalue weighted by atomic mass is 9.78. The van der Waals surface area contributed by atoms with Crippen LogP contribution in [0, 0.1) is 0 Å². The highest BCUT2D eigenvalue weighted by atomic mass is 16.5. The quantitative estimate of drug-likeness (QED) is 0.388. The van der Waals surface area contributed by atoms with Gasteiger partial charge in [-0.2, -0.15) is 4.98 Å². The largest absolute Gasteiger partial charge is 0.480 e. The summed E-state index contributed by atoms with van der Waals surface area (Å²) >= 11 is 0. The Balaban J connectivity index is 1.34.